The molecule has 2 heterocycles. The fourth-order valence-electron chi connectivity index (χ4n) is 1.62. The predicted octanol–water partition coefficient (Wildman–Crippen LogP) is -0.266. The van der Waals surface area contributed by atoms with Crippen LogP contribution >= 0.6 is 12.4 Å². The lowest BCUT2D eigenvalue weighted by molar-refractivity contribution is 0.360. The minimum atomic E-state index is -3.35. The van der Waals surface area contributed by atoms with Gasteiger partial charge >= 0.3 is 0 Å². The summed E-state index contributed by atoms with van der Waals surface area (Å²) in [6.07, 6.45) is 1.37. The van der Waals surface area contributed by atoms with Gasteiger partial charge in [0.25, 0.3) is 0 Å². The third-order valence-electron chi connectivity index (χ3n) is 2.48. The Morgan fingerprint density at radius 2 is 2.00 bits per heavy atom. The van der Waals surface area contributed by atoms with Gasteiger partial charge in [0.05, 0.1) is 11.9 Å². The average Bonchev–Trinajstić information content (AvgIpc) is 2.66. The SMILES string of the molecule is Cc1[nH]ncc1S(=O)(=O)N1CCNCC1.Cl. The maximum absolute atomic E-state index is 12.1. The van der Waals surface area contributed by atoms with E-state index in [9.17, 15) is 8.42 Å². The van der Waals surface area contributed by atoms with Crippen molar-refractivity contribution in [1.29, 1.82) is 0 Å². The second kappa shape index (κ2) is 5.13. The van der Waals surface area contributed by atoms with Gasteiger partial charge in [-0.25, -0.2) is 8.42 Å². The summed E-state index contributed by atoms with van der Waals surface area (Å²) in [5.74, 6) is 0. The number of aryl methyl sites for hydroxylation is 1. The molecule has 16 heavy (non-hydrogen) atoms. The summed E-state index contributed by atoms with van der Waals surface area (Å²) >= 11 is 0. The van der Waals surface area contributed by atoms with Crippen molar-refractivity contribution in [2.24, 2.45) is 0 Å². The molecule has 0 saturated carbocycles. The molecular formula is C8H15ClN4O2S. The van der Waals surface area contributed by atoms with Gasteiger partial charge in [0.2, 0.25) is 10.0 Å². The zero-order valence-corrected chi connectivity index (χ0v) is 10.6. The lowest BCUT2D eigenvalue weighted by Crippen LogP contribution is -2.46. The van der Waals surface area contributed by atoms with Crippen LogP contribution in [0.5, 0.6) is 0 Å². The Kier molecular flexibility index (Phi) is 4.31. The van der Waals surface area contributed by atoms with Gasteiger partial charge in [-0.2, -0.15) is 9.40 Å². The summed E-state index contributed by atoms with van der Waals surface area (Å²) in [5, 5.41) is 9.50. The number of halogens is 1. The van der Waals surface area contributed by atoms with E-state index >= 15 is 0 Å². The first kappa shape index (κ1) is 13.4. The van der Waals surface area contributed by atoms with Gasteiger partial charge in [-0.15, -0.1) is 12.4 Å². The van der Waals surface area contributed by atoms with Crippen molar-refractivity contribution in [2.75, 3.05) is 26.2 Å². The molecule has 0 aliphatic carbocycles. The van der Waals surface area contributed by atoms with Crippen molar-refractivity contribution in [1.82, 2.24) is 19.8 Å². The number of piperazine rings is 1. The molecule has 1 saturated heterocycles. The third kappa shape index (κ3) is 2.37. The fraction of sp³-hybridized carbons (Fsp3) is 0.625. The molecule has 1 fully saturated rings. The van der Waals surface area contributed by atoms with E-state index in [-0.39, 0.29) is 17.3 Å². The highest BCUT2D eigenvalue weighted by atomic mass is 35.5. The lowest BCUT2D eigenvalue weighted by Gasteiger charge is -2.26. The molecule has 0 spiro atoms. The van der Waals surface area contributed by atoms with Gasteiger partial charge in [-0.1, -0.05) is 0 Å². The molecule has 2 rings (SSSR count). The molecular weight excluding hydrogens is 252 g/mol. The number of nitrogens with zero attached hydrogens (tertiary/aromatic N) is 2. The molecule has 0 bridgehead atoms. The van der Waals surface area contributed by atoms with Gasteiger partial charge in [-0.3, -0.25) is 5.10 Å². The highest BCUT2D eigenvalue weighted by Gasteiger charge is 2.28. The first-order chi connectivity index (χ1) is 7.12. The van der Waals surface area contributed by atoms with Crippen LogP contribution in [0.15, 0.2) is 11.1 Å². The van der Waals surface area contributed by atoms with Gasteiger partial charge < -0.3 is 5.32 Å². The zero-order valence-electron chi connectivity index (χ0n) is 8.93. The molecule has 6 nitrogen and oxygen atoms in total. The van der Waals surface area contributed by atoms with E-state index in [1.165, 1.54) is 10.5 Å². The van der Waals surface area contributed by atoms with Crippen molar-refractivity contribution in [3.05, 3.63) is 11.9 Å². The van der Waals surface area contributed by atoms with Crippen LogP contribution in [0.1, 0.15) is 5.69 Å². The molecule has 1 aliphatic rings. The van der Waals surface area contributed by atoms with E-state index < -0.39 is 10.0 Å². The molecule has 1 aliphatic heterocycles. The largest absolute Gasteiger partial charge is 0.314 e. The van der Waals surface area contributed by atoms with E-state index in [4.69, 9.17) is 0 Å². The van der Waals surface area contributed by atoms with E-state index in [1.807, 2.05) is 0 Å². The number of nitrogens with one attached hydrogen (secondary N) is 2. The predicted molar refractivity (Wildman–Crippen MR) is 62.2 cm³/mol. The van der Waals surface area contributed by atoms with E-state index in [0.717, 1.165) is 0 Å². The smallest absolute Gasteiger partial charge is 0.246 e. The Balaban J connectivity index is 0.00000128. The number of hydrogen-bond donors (Lipinski definition) is 2. The molecule has 0 aromatic carbocycles. The fourth-order valence-corrected chi connectivity index (χ4v) is 3.18. The second-order valence-electron chi connectivity index (χ2n) is 3.51. The lowest BCUT2D eigenvalue weighted by atomic mass is 10.4. The summed E-state index contributed by atoms with van der Waals surface area (Å²) in [4.78, 5) is 0.282. The van der Waals surface area contributed by atoms with Crippen molar-refractivity contribution in [3.8, 4) is 0 Å². The first-order valence-electron chi connectivity index (χ1n) is 4.83. The van der Waals surface area contributed by atoms with Crippen LogP contribution in [0.2, 0.25) is 0 Å². The number of rotatable bonds is 2. The van der Waals surface area contributed by atoms with E-state index in [1.54, 1.807) is 6.92 Å². The van der Waals surface area contributed by atoms with Gasteiger partial charge in [0, 0.05) is 26.2 Å². The Morgan fingerprint density at radius 1 is 1.38 bits per heavy atom. The van der Waals surface area contributed by atoms with Crippen LogP contribution in [-0.4, -0.2) is 49.1 Å². The van der Waals surface area contributed by atoms with Crippen molar-refractivity contribution in [2.45, 2.75) is 11.8 Å². The monoisotopic (exact) mass is 266 g/mol. The van der Waals surface area contributed by atoms with Crippen molar-refractivity contribution in [3.63, 3.8) is 0 Å². The van der Waals surface area contributed by atoms with Crippen LogP contribution in [0, 0.1) is 6.92 Å². The first-order valence-corrected chi connectivity index (χ1v) is 6.27. The molecule has 92 valence electrons. The topological polar surface area (TPSA) is 78.1 Å². The molecule has 0 unspecified atom stereocenters. The minimum Gasteiger partial charge on any atom is -0.314 e. The number of H-pyrrole nitrogens is 1. The molecule has 8 heteroatoms. The standard InChI is InChI=1S/C8H14N4O2S.ClH/c1-7-8(6-10-11-7)15(13,14)12-4-2-9-3-5-12;/h6,9H,2-5H2,1H3,(H,10,11);1H. The summed E-state index contributed by atoms with van der Waals surface area (Å²) in [6, 6.07) is 0. The quantitative estimate of drug-likeness (QED) is 0.773. The van der Waals surface area contributed by atoms with Crippen LogP contribution in [-0.2, 0) is 10.0 Å². The molecule has 0 atom stereocenters. The van der Waals surface area contributed by atoms with E-state index in [0.29, 0.717) is 31.9 Å². The third-order valence-corrected chi connectivity index (χ3v) is 4.49. The maximum Gasteiger partial charge on any atom is 0.246 e. The Hall–Kier alpha value is -0.630. The molecule has 0 radical (unpaired) electrons. The number of aromatic nitrogens is 2. The molecule has 2 N–H and O–H groups in total. The summed E-state index contributed by atoms with van der Waals surface area (Å²) in [5.41, 5.74) is 0.591. The van der Waals surface area contributed by atoms with Crippen molar-refractivity contribution >= 4 is 22.4 Å². The maximum atomic E-state index is 12.1. The van der Waals surface area contributed by atoms with Crippen LogP contribution in [0.25, 0.3) is 0 Å². The highest BCUT2D eigenvalue weighted by Crippen LogP contribution is 2.17. The van der Waals surface area contributed by atoms with Gasteiger partial charge in [0.15, 0.2) is 0 Å². The number of hydrogen-bond acceptors (Lipinski definition) is 4. The summed E-state index contributed by atoms with van der Waals surface area (Å²) in [6.45, 7) is 4.16. The number of sulfonamides is 1. The summed E-state index contributed by atoms with van der Waals surface area (Å²) < 4.78 is 25.7. The molecule has 1 aromatic rings. The Bertz CT molecular complexity index is 439. The van der Waals surface area contributed by atoms with E-state index in [2.05, 4.69) is 15.5 Å². The second-order valence-corrected chi connectivity index (χ2v) is 5.42. The minimum absolute atomic E-state index is 0. The van der Waals surface area contributed by atoms with Crippen molar-refractivity contribution < 1.29 is 8.42 Å². The Morgan fingerprint density at radius 3 is 2.50 bits per heavy atom. The van der Waals surface area contributed by atoms with Gasteiger partial charge in [0.1, 0.15) is 4.90 Å². The molecule has 1 aromatic heterocycles. The van der Waals surface area contributed by atoms with Crippen LogP contribution in [0.4, 0.5) is 0 Å². The average molecular weight is 267 g/mol. The Labute approximate surface area is 101 Å². The van der Waals surface area contributed by atoms with Crippen LogP contribution < -0.4 is 5.32 Å². The van der Waals surface area contributed by atoms with Crippen LogP contribution in [0.3, 0.4) is 0 Å². The van der Waals surface area contributed by atoms with Gasteiger partial charge in [-0.05, 0) is 6.92 Å². The highest BCUT2D eigenvalue weighted by molar-refractivity contribution is 7.89. The summed E-state index contributed by atoms with van der Waals surface area (Å²) in [7, 11) is -3.35. The normalized spacial score (nSPS) is 18.1. The number of aromatic amines is 1. The zero-order chi connectivity index (χ0) is 10.9. The molecule has 0 amide bonds.